The van der Waals surface area contributed by atoms with Crippen molar-refractivity contribution >= 4 is 46.1 Å². The number of aromatic nitrogens is 3. The number of thiazole rings is 1. The number of amides is 1. The molecule has 1 fully saturated rings. The summed E-state index contributed by atoms with van der Waals surface area (Å²) in [6.45, 7) is 2.35. The molecule has 5 rings (SSSR count). The number of rotatable bonds is 8. The number of fused-ring (bicyclic) bond motifs is 3. The van der Waals surface area contributed by atoms with Crippen molar-refractivity contribution in [3.05, 3.63) is 53.2 Å². The molecule has 0 aliphatic carbocycles. The number of nitrogens with zero attached hydrogens (tertiary/aromatic N) is 6. The molecule has 39 heavy (non-hydrogen) atoms. The first-order valence-electron chi connectivity index (χ1n) is 12.5. The second-order valence-electron chi connectivity index (χ2n) is 9.58. The maximum absolute atomic E-state index is 13.2. The van der Waals surface area contributed by atoms with Crippen LogP contribution >= 0.6 is 11.3 Å². The summed E-state index contributed by atoms with van der Waals surface area (Å²) in [5.74, 6) is 1.55. The second-order valence-corrected chi connectivity index (χ2v) is 10.6. The van der Waals surface area contributed by atoms with Gasteiger partial charge in [0.05, 0.1) is 35.5 Å². The molecule has 3 aromatic rings. The lowest BCUT2D eigenvalue weighted by molar-refractivity contribution is -0.126. The van der Waals surface area contributed by atoms with Gasteiger partial charge in [-0.2, -0.15) is 0 Å². The van der Waals surface area contributed by atoms with Crippen LogP contribution < -0.4 is 15.0 Å². The zero-order valence-electron chi connectivity index (χ0n) is 22.0. The van der Waals surface area contributed by atoms with Crippen molar-refractivity contribution in [1.29, 1.82) is 0 Å². The molecule has 0 bridgehead atoms. The minimum atomic E-state index is -0.104. The third-order valence-electron chi connectivity index (χ3n) is 6.62. The Kier molecular flexibility index (Phi) is 7.66. The summed E-state index contributed by atoms with van der Waals surface area (Å²) in [4.78, 5) is 56.9. The highest BCUT2D eigenvalue weighted by atomic mass is 32.1. The smallest absolute Gasteiger partial charge is 0.246 e. The van der Waals surface area contributed by atoms with E-state index in [1.165, 1.54) is 17.5 Å². The van der Waals surface area contributed by atoms with E-state index in [-0.39, 0.29) is 17.7 Å². The van der Waals surface area contributed by atoms with Crippen molar-refractivity contribution < 1.29 is 19.1 Å². The highest BCUT2D eigenvalue weighted by molar-refractivity contribution is 7.17. The molecule has 1 unspecified atom stereocenters. The maximum Gasteiger partial charge on any atom is 0.246 e. The van der Waals surface area contributed by atoms with Gasteiger partial charge in [0.2, 0.25) is 5.91 Å². The van der Waals surface area contributed by atoms with E-state index in [4.69, 9.17) is 4.74 Å². The molecule has 1 atom stereocenters. The topological polar surface area (TPSA) is 121 Å². The van der Waals surface area contributed by atoms with Gasteiger partial charge in [0.15, 0.2) is 28.8 Å². The van der Waals surface area contributed by atoms with Crippen LogP contribution in [0, 0.1) is 0 Å². The van der Waals surface area contributed by atoms with Gasteiger partial charge in [-0.1, -0.05) is 17.4 Å². The molecule has 0 radical (unpaired) electrons. The highest BCUT2D eigenvalue weighted by Gasteiger charge is 2.37. The van der Waals surface area contributed by atoms with E-state index < -0.39 is 0 Å². The first-order chi connectivity index (χ1) is 18.9. The molecule has 0 saturated carbocycles. The summed E-state index contributed by atoms with van der Waals surface area (Å²) in [6.07, 6.45) is 7.72. The van der Waals surface area contributed by atoms with Crippen LogP contribution in [-0.2, 0) is 4.79 Å². The third-order valence-corrected chi connectivity index (χ3v) is 7.46. The Balaban J connectivity index is 1.36. The fraction of sp³-hybridized carbons (Fsp3) is 0.333. The molecule has 1 amide bonds. The SMILES string of the molecule is COc1ccc(-c2cnc3c(c2)C(=O)CC2CN(C(=O)/C=C/CN(C)C)CCN32)nc1Nc1ncc(C=O)s1. The number of pyridine rings is 2. The zero-order valence-corrected chi connectivity index (χ0v) is 22.8. The van der Waals surface area contributed by atoms with Crippen LogP contribution in [0.5, 0.6) is 5.75 Å². The largest absolute Gasteiger partial charge is 0.493 e. The molecule has 2 aliphatic rings. The molecular formula is C27H29N7O4S. The van der Waals surface area contributed by atoms with Gasteiger partial charge in [0.1, 0.15) is 5.82 Å². The van der Waals surface area contributed by atoms with Crippen molar-refractivity contribution in [2.75, 3.05) is 57.6 Å². The van der Waals surface area contributed by atoms with Crippen LogP contribution in [0.2, 0.25) is 0 Å². The number of piperazine rings is 1. The van der Waals surface area contributed by atoms with E-state index in [1.807, 2.05) is 31.1 Å². The predicted molar refractivity (Wildman–Crippen MR) is 149 cm³/mol. The van der Waals surface area contributed by atoms with Gasteiger partial charge in [0.25, 0.3) is 0 Å². The number of hydrogen-bond acceptors (Lipinski definition) is 11. The molecule has 0 aromatic carbocycles. The average Bonchev–Trinajstić information content (AvgIpc) is 3.40. The Bertz CT molecular complexity index is 1440. The Morgan fingerprint density at radius 3 is 2.85 bits per heavy atom. The molecule has 12 heteroatoms. The number of ether oxygens (including phenoxy) is 1. The summed E-state index contributed by atoms with van der Waals surface area (Å²) < 4.78 is 5.44. The van der Waals surface area contributed by atoms with Gasteiger partial charge in [-0.15, -0.1) is 0 Å². The molecule has 202 valence electrons. The van der Waals surface area contributed by atoms with Gasteiger partial charge in [-0.05, 0) is 32.3 Å². The van der Waals surface area contributed by atoms with Gasteiger partial charge < -0.3 is 24.8 Å². The van der Waals surface area contributed by atoms with Crippen molar-refractivity contribution in [3.8, 4) is 17.0 Å². The van der Waals surface area contributed by atoms with E-state index in [0.717, 1.165) is 6.29 Å². The second kappa shape index (κ2) is 11.3. The lowest BCUT2D eigenvalue weighted by Crippen LogP contribution is -2.57. The number of anilines is 3. The van der Waals surface area contributed by atoms with Crippen LogP contribution in [0.1, 0.15) is 26.5 Å². The lowest BCUT2D eigenvalue weighted by Gasteiger charge is -2.44. The van der Waals surface area contributed by atoms with E-state index in [0.29, 0.717) is 76.8 Å². The molecule has 0 spiro atoms. The van der Waals surface area contributed by atoms with Crippen molar-refractivity contribution in [2.24, 2.45) is 0 Å². The number of carbonyl (C=O) groups excluding carboxylic acids is 3. The highest BCUT2D eigenvalue weighted by Crippen LogP contribution is 2.35. The first kappa shape index (κ1) is 26.4. The molecular weight excluding hydrogens is 518 g/mol. The fourth-order valence-electron chi connectivity index (χ4n) is 4.70. The van der Waals surface area contributed by atoms with E-state index in [2.05, 4.69) is 25.2 Å². The van der Waals surface area contributed by atoms with Gasteiger partial charge in [0, 0.05) is 50.4 Å². The summed E-state index contributed by atoms with van der Waals surface area (Å²) in [5, 5.41) is 3.62. The van der Waals surface area contributed by atoms with Crippen molar-refractivity contribution in [3.63, 3.8) is 0 Å². The summed E-state index contributed by atoms with van der Waals surface area (Å²) in [7, 11) is 5.44. The standard InChI is InChI=1S/C27H29N7O4S/c1-32(2)8-4-5-24(37)33-9-10-34-18(15-33)12-22(36)20-11-17(13-28-26(20)34)21-6-7-23(38-3)25(30-21)31-27-29-14-19(16-35)39-27/h4-7,11,13-14,16,18H,8-10,12,15H2,1-3H3,(H,29,30,31)/b5-4+. The minimum Gasteiger partial charge on any atom is -0.493 e. The quantitative estimate of drug-likeness (QED) is 0.333. The van der Waals surface area contributed by atoms with Crippen LogP contribution in [0.4, 0.5) is 16.8 Å². The lowest BCUT2D eigenvalue weighted by atomic mass is 9.94. The summed E-state index contributed by atoms with van der Waals surface area (Å²) in [6, 6.07) is 5.30. The van der Waals surface area contributed by atoms with Crippen LogP contribution in [0.25, 0.3) is 11.3 Å². The van der Waals surface area contributed by atoms with Crippen LogP contribution in [0.3, 0.4) is 0 Å². The van der Waals surface area contributed by atoms with E-state index in [9.17, 15) is 14.4 Å². The van der Waals surface area contributed by atoms with Gasteiger partial charge >= 0.3 is 0 Å². The fourth-order valence-corrected chi connectivity index (χ4v) is 5.33. The zero-order chi connectivity index (χ0) is 27.5. The number of Topliss-reactive ketones (excluding diaryl/α,β-unsaturated/α-hetero) is 1. The van der Waals surface area contributed by atoms with E-state index >= 15 is 0 Å². The number of aldehydes is 1. The number of nitrogens with one attached hydrogen (secondary N) is 1. The Morgan fingerprint density at radius 2 is 2.10 bits per heavy atom. The third kappa shape index (κ3) is 5.66. The molecule has 5 heterocycles. The van der Waals surface area contributed by atoms with Crippen molar-refractivity contribution in [2.45, 2.75) is 12.5 Å². The average molecular weight is 548 g/mol. The van der Waals surface area contributed by atoms with Gasteiger partial charge in [-0.3, -0.25) is 14.4 Å². The van der Waals surface area contributed by atoms with Gasteiger partial charge in [-0.25, -0.2) is 15.0 Å². The van der Waals surface area contributed by atoms with E-state index in [1.54, 1.807) is 36.4 Å². The number of carbonyl (C=O) groups is 3. The molecule has 1 saturated heterocycles. The maximum atomic E-state index is 13.2. The first-order valence-corrected chi connectivity index (χ1v) is 13.3. The number of hydrogen-bond donors (Lipinski definition) is 1. The van der Waals surface area contributed by atoms with Crippen LogP contribution in [0.15, 0.2) is 42.7 Å². The Morgan fingerprint density at radius 1 is 1.26 bits per heavy atom. The van der Waals surface area contributed by atoms with Crippen LogP contribution in [-0.4, -0.2) is 96.2 Å². The summed E-state index contributed by atoms with van der Waals surface area (Å²) >= 11 is 1.21. The monoisotopic (exact) mass is 547 g/mol. The van der Waals surface area contributed by atoms with Crippen molar-refractivity contribution in [1.82, 2.24) is 24.8 Å². The minimum absolute atomic E-state index is 0.00548. The molecule has 2 aliphatic heterocycles. The normalized spacial score (nSPS) is 16.8. The Hall–Kier alpha value is -4.16. The molecule has 3 aromatic heterocycles. The molecule has 11 nitrogen and oxygen atoms in total. The number of ketones is 1. The number of likely N-dealkylation sites (N-methyl/N-ethyl adjacent to an activating group) is 1. The molecule has 1 N–H and O–H groups in total. The Labute approximate surface area is 230 Å². The number of methoxy groups -OCH3 is 1. The predicted octanol–water partition coefficient (Wildman–Crippen LogP) is 2.89. The summed E-state index contributed by atoms with van der Waals surface area (Å²) in [5.41, 5.74) is 1.85.